The molecule has 0 spiro atoms. The van der Waals surface area contributed by atoms with Gasteiger partial charge in [-0.1, -0.05) is 13.3 Å². The van der Waals surface area contributed by atoms with Gasteiger partial charge in [-0.05, 0) is 35.7 Å². The van der Waals surface area contributed by atoms with E-state index < -0.39 is 23.4 Å². The van der Waals surface area contributed by atoms with Crippen LogP contribution in [0.5, 0.6) is 11.6 Å². The highest BCUT2D eigenvalue weighted by Crippen LogP contribution is 2.42. The maximum Gasteiger partial charge on any atom is 0.329 e. The summed E-state index contributed by atoms with van der Waals surface area (Å²) in [6.45, 7) is 5.63. The number of rotatable bonds is 9. The summed E-state index contributed by atoms with van der Waals surface area (Å²) in [4.78, 5) is 31.6. The smallest absolute Gasteiger partial charge is 0.329 e. The first-order chi connectivity index (χ1) is 20.9. The Kier molecular flexibility index (Phi) is 8.13. The monoisotopic (exact) mass is 592 g/mol. The van der Waals surface area contributed by atoms with Crippen molar-refractivity contribution in [3.8, 4) is 11.6 Å². The van der Waals surface area contributed by atoms with Gasteiger partial charge in [-0.2, -0.15) is 0 Å². The average Bonchev–Trinajstić information content (AvgIpc) is 3.43. The van der Waals surface area contributed by atoms with E-state index in [9.17, 15) is 4.79 Å². The molecular formula is C31H34F2N6O4. The van der Waals surface area contributed by atoms with Crippen molar-refractivity contribution in [2.24, 2.45) is 0 Å². The molecule has 0 aliphatic carbocycles. The Labute approximate surface area is 248 Å². The van der Waals surface area contributed by atoms with Crippen molar-refractivity contribution in [2.75, 3.05) is 50.3 Å². The summed E-state index contributed by atoms with van der Waals surface area (Å²) in [6.07, 6.45) is 4.26. The minimum absolute atomic E-state index is 0.0657. The van der Waals surface area contributed by atoms with Crippen LogP contribution in [0.3, 0.4) is 0 Å². The molecule has 0 atom stereocenters. The van der Waals surface area contributed by atoms with Gasteiger partial charge in [0.25, 0.3) is 0 Å². The largest absolute Gasteiger partial charge is 0.494 e. The predicted molar refractivity (Wildman–Crippen MR) is 158 cm³/mol. The van der Waals surface area contributed by atoms with E-state index in [2.05, 4.69) is 19.9 Å². The van der Waals surface area contributed by atoms with E-state index >= 15 is 8.78 Å². The normalized spacial score (nSPS) is 15.7. The van der Waals surface area contributed by atoms with Gasteiger partial charge >= 0.3 is 6.03 Å². The Hall–Kier alpha value is -4.29. The third-order valence-corrected chi connectivity index (χ3v) is 7.90. The summed E-state index contributed by atoms with van der Waals surface area (Å²) in [6, 6.07) is 6.31. The lowest BCUT2D eigenvalue weighted by molar-refractivity contribution is 0.0337. The van der Waals surface area contributed by atoms with Crippen LogP contribution >= 0.6 is 0 Å². The third-order valence-electron chi connectivity index (χ3n) is 7.90. The van der Waals surface area contributed by atoms with Crippen molar-refractivity contribution in [2.45, 2.75) is 39.4 Å². The number of nitrogens with zero attached hydrogens (tertiary/aromatic N) is 5. The highest BCUT2D eigenvalue weighted by atomic mass is 19.1. The summed E-state index contributed by atoms with van der Waals surface area (Å²) >= 11 is 0. The van der Waals surface area contributed by atoms with E-state index in [4.69, 9.17) is 14.2 Å². The Balaban J connectivity index is 1.47. The van der Waals surface area contributed by atoms with Gasteiger partial charge in [0.15, 0.2) is 17.4 Å². The number of urea groups is 1. The molecule has 0 unspecified atom stereocenters. The molecule has 0 saturated carbocycles. The molecule has 43 heavy (non-hydrogen) atoms. The molecule has 1 N–H and O–H groups in total. The van der Waals surface area contributed by atoms with Gasteiger partial charge in [-0.3, -0.25) is 14.7 Å². The number of halogens is 2. The summed E-state index contributed by atoms with van der Waals surface area (Å²) in [5.41, 5.74) is 3.47. The first-order valence-corrected chi connectivity index (χ1v) is 14.3. The van der Waals surface area contributed by atoms with Crippen LogP contribution in [0.4, 0.5) is 25.0 Å². The number of fused-ring (bicyclic) bond motifs is 3. The Morgan fingerprint density at radius 1 is 1.02 bits per heavy atom. The molecule has 1 fully saturated rings. The van der Waals surface area contributed by atoms with E-state index in [0.717, 1.165) is 34.6 Å². The van der Waals surface area contributed by atoms with Gasteiger partial charge < -0.3 is 19.2 Å². The molecule has 0 radical (unpaired) electrons. The number of nitrogens with one attached hydrogen (secondary N) is 1. The number of benzene rings is 1. The minimum Gasteiger partial charge on any atom is -0.494 e. The molecule has 226 valence electrons. The molecule has 2 aliphatic rings. The maximum absolute atomic E-state index is 15.9. The standard InChI is InChI=1S/C31H34F2N6O4/c1-4-5-20-13-24(41-2)27(33)29(26(20)32)39-17-21-15-35-30-23(14-22(36-30)18-37-8-10-43-11-9-37)28(21)38(31(39)40)16-19-6-7-34-25(12-19)42-3/h6-7,12-15H,4-5,8-11,16-18H2,1-3H3,(H,35,36). The number of aromatic amines is 1. The lowest BCUT2D eigenvalue weighted by Gasteiger charge is -2.38. The number of carbonyl (C=O) groups excluding carboxylic acids is 1. The number of H-pyrrole nitrogens is 1. The molecular weight excluding hydrogens is 558 g/mol. The van der Waals surface area contributed by atoms with Crippen molar-refractivity contribution in [3.63, 3.8) is 0 Å². The number of hydrogen-bond donors (Lipinski definition) is 1. The quantitative estimate of drug-likeness (QED) is 0.286. The van der Waals surface area contributed by atoms with Crippen LogP contribution in [0.25, 0.3) is 11.0 Å². The minimum atomic E-state index is -0.925. The highest BCUT2D eigenvalue weighted by Gasteiger charge is 2.37. The van der Waals surface area contributed by atoms with Gasteiger partial charge in [0.05, 0.1) is 46.2 Å². The van der Waals surface area contributed by atoms with Gasteiger partial charge in [0.1, 0.15) is 11.3 Å². The fraction of sp³-hybridized carbons (Fsp3) is 0.387. The number of aromatic nitrogens is 3. The van der Waals surface area contributed by atoms with Crippen molar-refractivity contribution >= 4 is 28.4 Å². The number of hydrogen-bond acceptors (Lipinski definition) is 7. The van der Waals surface area contributed by atoms with Gasteiger partial charge in [-0.15, -0.1) is 0 Å². The Morgan fingerprint density at radius 3 is 2.58 bits per heavy atom. The number of aryl methyl sites for hydroxylation is 1. The summed E-state index contributed by atoms with van der Waals surface area (Å²) in [7, 11) is 2.84. The van der Waals surface area contributed by atoms with E-state index in [0.29, 0.717) is 55.4 Å². The van der Waals surface area contributed by atoms with Crippen LogP contribution in [0, 0.1) is 11.6 Å². The van der Waals surface area contributed by atoms with Gasteiger partial charge in [0.2, 0.25) is 5.88 Å². The second-order valence-corrected chi connectivity index (χ2v) is 10.7. The Morgan fingerprint density at radius 2 is 1.84 bits per heavy atom. The number of methoxy groups -OCH3 is 2. The number of carbonyl (C=O) groups is 1. The zero-order valence-corrected chi connectivity index (χ0v) is 24.5. The van der Waals surface area contributed by atoms with Crippen LogP contribution in [-0.4, -0.2) is 66.4 Å². The first-order valence-electron chi connectivity index (χ1n) is 14.3. The number of morpholine rings is 1. The molecule has 1 saturated heterocycles. The molecule has 1 aromatic carbocycles. The molecule has 5 heterocycles. The van der Waals surface area contributed by atoms with Crippen LogP contribution in [0.1, 0.15) is 35.7 Å². The second-order valence-electron chi connectivity index (χ2n) is 10.7. The fourth-order valence-electron chi connectivity index (χ4n) is 5.81. The van der Waals surface area contributed by atoms with Crippen LogP contribution < -0.4 is 19.3 Å². The number of ether oxygens (including phenoxy) is 3. The number of anilines is 2. The first kappa shape index (κ1) is 28.8. The average molecular weight is 593 g/mol. The molecule has 3 aromatic heterocycles. The van der Waals surface area contributed by atoms with E-state index in [-0.39, 0.29) is 24.4 Å². The summed E-state index contributed by atoms with van der Waals surface area (Å²) in [5, 5.41) is 0.757. The van der Waals surface area contributed by atoms with Crippen molar-refractivity contribution < 1.29 is 27.8 Å². The predicted octanol–water partition coefficient (Wildman–Crippen LogP) is 5.18. The third kappa shape index (κ3) is 5.48. The van der Waals surface area contributed by atoms with Gasteiger partial charge in [-0.25, -0.2) is 23.5 Å². The fourth-order valence-corrected chi connectivity index (χ4v) is 5.81. The van der Waals surface area contributed by atoms with E-state index in [1.807, 2.05) is 13.0 Å². The zero-order valence-electron chi connectivity index (χ0n) is 24.5. The molecule has 0 bridgehead atoms. The second kappa shape index (κ2) is 12.1. The molecule has 2 amide bonds. The highest BCUT2D eigenvalue weighted by molar-refractivity contribution is 6.11. The van der Waals surface area contributed by atoms with Crippen molar-refractivity contribution in [1.82, 2.24) is 19.9 Å². The van der Waals surface area contributed by atoms with Crippen LogP contribution in [-0.2, 0) is 30.8 Å². The van der Waals surface area contributed by atoms with Crippen LogP contribution in [0.15, 0.2) is 36.7 Å². The lowest BCUT2D eigenvalue weighted by Crippen LogP contribution is -2.48. The Bertz CT molecular complexity index is 1660. The van der Waals surface area contributed by atoms with Gasteiger partial charge in [0, 0.05) is 54.7 Å². The molecule has 4 aromatic rings. The number of amides is 2. The van der Waals surface area contributed by atoms with Crippen molar-refractivity contribution in [1.29, 1.82) is 0 Å². The SMILES string of the molecule is CCCc1cc(OC)c(F)c(N2Cc3cnc4[nH]c(CN5CCOCC5)cc4c3N(Cc3ccnc(OC)c3)C2=O)c1F. The maximum atomic E-state index is 15.9. The van der Waals surface area contributed by atoms with Crippen LogP contribution in [0.2, 0.25) is 0 Å². The molecule has 6 rings (SSSR count). The summed E-state index contributed by atoms with van der Waals surface area (Å²) < 4.78 is 47.8. The van der Waals surface area contributed by atoms with E-state index in [1.165, 1.54) is 20.3 Å². The topological polar surface area (TPSA) is 96.1 Å². The molecule has 10 nitrogen and oxygen atoms in total. The summed E-state index contributed by atoms with van der Waals surface area (Å²) in [5.74, 6) is -1.42. The van der Waals surface area contributed by atoms with E-state index in [1.54, 1.807) is 29.4 Å². The zero-order chi connectivity index (χ0) is 30.1. The lowest BCUT2D eigenvalue weighted by atomic mass is 10.0. The van der Waals surface area contributed by atoms with Crippen molar-refractivity contribution in [3.05, 3.63) is 70.7 Å². The molecule has 12 heteroatoms. The molecule has 2 aliphatic heterocycles. The number of pyridine rings is 2.